The summed E-state index contributed by atoms with van der Waals surface area (Å²) < 4.78 is 16.8. The van der Waals surface area contributed by atoms with Crippen LogP contribution in [0.15, 0.2) is 15.8 Å². The smallest absolute Gasteiger partial charge is 0.330 e. The van der Waals surface area contributed by atoms with E-state index in [9.17, 15) is 19.2 Å². The van der Waals surface area contributed by atoms with E-state index in [1.165, 1.54) is 20.0 Å². The van der Waals surface area contributed by atoms with Crippen LogP contribution in [0.1, 0.15) is 32.1 Å². The Hall–Kier alpha value is -2.86. The molecular formula is C15H16N2O7. The summed E-state index contributed by atoms with van der Waals surface area (Å²) in [4.78, 5) is 47.7. The van der Waals surface area contributed by atoms with E-state index in [1.807, 2.05) is 0 Å². The fourth-order valence-electron chi connectivity index (χ4n) is 2.36. The second-order valence-electron chi connectivity index (χ2n) is 5.17. The SMILES string of the molecule is C#Cc1cn([C@H]2CC(OC(C)=O)[C@@H](COC(C)=O)O2)c(=O)[nH]c1=O. The molecule has 24 heavy (non-hydrogen) atoms. The molecule has 3 atom stereocenters. The van der Waals surface area contributed by atoms with E-state index in [-0.39, 0.29) is 18.6 Å². The normalized spacial score (nSPS) is 22.6. The molecule has 0 amide bonds. The van der Waals surface area contributed by atoms with Crippen molar-refractivity contribution >= 4 is 11.9 Å². The van der Waals surface area contributed by atoms with Crippen molar-refractivity contribution in [2.75, 3.05) is 6.61 Å². The number of carbonyl (C=O) groups excluding carboxylic acids is 2. The van der Waals surface area contributed by atoms with Crippen LogP contribution in [-0.4, -0.2) is 40.3 Å². The Morgan fingerprint density at radius 1 is 1.42 bits per heavy atom. The summed E-state index contributed by atoms with van der Waals surface area (Å²) in [7, 11) is 0. The lowest BCUT2D eigenvalue weighted by molar-refractivity contribution is -0.155. The number of H-pyrrole nitrogens is 1. The van der Waals surface area contributed by atoms with E-state index in [1.54, 1.807) is 0 Å². The lowest BCUT2D eigenvalue weighted by Crippen LogP contribution is -2.33. The zero-order valence-corrected chi connectivity index (χ0v) is 13.1. The molecular weight excluding hydrogens is 320 g/mol. The second kappa shape index (κ2) is 7.14. The molecule has 0 saturated carbocycles. The highest BCUT2D eigenvalue weighted by Gasteiger charge is 2.39. The van der Waals surface area contributed by atoms with Crippen LogP contribution in [-0.2, 0) is 23.8 Å². The minimum absolute atomic E-state index is 0.0364. The Labute approximate surface area is 136 Å². The number of nitrogens with one attached hydrogen (secondary N) is 1. The zero-order chi connectivity index (χ0) is 17.9. The van der Waals surface area contributed by atoms with Gasteiger partial charge in [0.25, 0.3) is 5.56 Å². The first-order chi connectivity index (χ1) is 11.3. The summed E-state index contributed by atoms with van der Waals surface area (Å²) in [6.45, 7) is 2.33. The van der Waals surface area contributed by atoms with E-state index in [4.69, 9.17) is 20.6 Å². The van der Waals surface area contributed by atoms with Crippen molar-refractivity contribution in [1.82, 2.24) is 9.55 Å². The van der Waals surface area contributed by atoms with Crippen LogP contribution in [0, 0.1) is 12.3 Å². The van der Waals surface area contributed by atoms with Crippen molar-refractivity contribution in [3.63, 3.8) is 0 Å². The van der Waals surface area contributed by atoms with Gasteiger partial charge in [0, 0.05) is 26.5 Å². The number of aromatic amines is 1. The Balaban J connectivity index is 2.27. The number of ether oxygens (including phenoxy) is 3. The molecule has 1 aliphatic rings. The molecule has 0 aromatic carbocycles. The first-order valence-corrected chi connectivity index (χ1v) is 7.10. The molecule has 1 aromatic rings. The lowest BCUT2D eigenvalue weighted by atomic mass is 10.2. The fourth-order valence-corrected chi connectivity index (χ4v) is 2.36. The first kappa shape index (κ1) is 17.5. The predicted octanol–water partition coefficient (Wildman–Crippen LogP) is -0.700. The molecule has 9 nitrogen and oxygen atoms in total. The molecule has 9 heteroatoms. The molecule has 1 aliphatic heterocycles. The number of hydrogen-bond acceptors (Lipinski definition) is 7. The third-order valence-corrected chi connectivity index (χ3v) is 3.38. The Morgan fingerprint density at radius 2 is 2.12 bits per heavy atom. The molecule has 0 radical (unpaired) electrons. The zero-order valence-electron chi connectivity index (χ0n) is 13.1. The summed E-state index contributed by atoms with van der Waals surface area (Å²) in [6, 6.07) is 0. The number of terminal acetylenes is 1. The average molecular weight is 336 g/mol. The van der Waals surface area contributed by atoms with Crippen molar-refractivity contribution in [2.45, 2.75) is 38.7 Å². The van der Waals surface area contributed by atoms with Gasteiger partial charge in [-0.25, -0.2) is 4.79 Å². The van der Waals surface area contributed by atoms with Crippen LogP contribution in [0.3, 0.4) is 0 Å². The minimum atomic E-state index is -0.827. The molecule has 2 rings (SSSR count). The standard InChI is InChI=1S/C15H16N2O7/c1-4-10-6-17(15(21)16-14(10)20)13-5-11(23-9(3)19)12(24-13)7-22-8(2)18/h1,6,11-13H,5,7H2,2-3H3,(H,16,20,21)/t11?,12-,13-/m1/s1. The quantitative estimate of drug-likeness (QED) is 0.571. The molecule has 1 unspecified atom stereocenters. The molecule has 1 N–H and O–H groups in total. The molecule has 2 heterocycles. The van der Waals surface area contributed by atoms with Gasteiger partial charge in [-0.2, -0.15) is 0 Å². The average Bonchev–Trinajstić information content (AvgIpc) is 2.87. The van der Waals surface area contributed by atoms with Gasteiger partial charge in [0.1, 0.15) is 30.6 Å². The molecule has 0 bridgehead atoms. The van der Waals surface area contributed by atoms with Crippen molar-refractivity contribution in [3.8, 4) is 12.3 Å². The summed E-state index contributed by atoms with van der Waals surface area (Å²) in [5, 5.41) is 0. The maximum Gasteiger partial charge on any atom is 0.330 e. The van der Waals surface area contributed by atoms with Crippen molar-refractivity contribution < 1.29 is 23.8 Å². The van der Waals surface area contributed by atoms with E-state index in [0.29, 0.717) is 0 Å². The number of hydrogen-bond donors (Lipinski definition) is 1. The maximum absolute atomic E-state index is 12.0. The molecule has 0 aliphatic carbocycles. The third-order valence-electron chi connectivity index (χ3n) is 3.38. The fraction of sp³-hybridized carbons (Fsp3) is 0.467. The largest absolute Gasteiger partial charge is 0.463 e. The number of aromatic nitrogens is 2. The van der Waals surface area contributed by atoms with Crippen LogP contribution in [0.2, 0.25) is 0 Å². The van der Waals surface area contributed by atoms with Crippen molar-refractivity contribution in [3.05, 3.63) is 32.6 Å². The highest BCUT2D eigenvalue weighted by molar-refractivity contribution is 5.66. The van der Waals surface area contributed by atoms with Gasteiger partial charge in [0.15, 0.2) is 0 Å². The summed E-state index contributed by atoms with van der Waals surface area (Å²) in [5.41, 5.74) is -1.42. The van der Waals surface area contributed by atoms with Crippen LogP contribution >= 0.6 is 0 Å². The Bertz CT molecular complexity index is 801. The van der Waals surface area contributed by atoms with Gasteiger partial charge >= 0.3 is 17.6 Å². The predicted molar refractivity (Wildman–Crippen MR) is 80.0 cm³/mol. The van der Waals surface area contributed by atoms with Gasteiger partial charge in [-0.3, -0.25) is 23.9 Å². The van der Waals surface area contributed by atoms with Gasteiger partial charge in [-0.15, -0.1) is 6.42 Å². The summed E-state index contributed by atoms with van der Waals surface area (Å²) in [5.74, 6) is 1.12. The highest BCUT2D eigenvalue weighted by atomic mass is 16.6. The molecule has 1 aromatic heterocycles. The summed E-state index contributed by atoms with van der Waals surface area (Å²) in [6.07, 6.45) is 4.28. The van der Waals surface area contributed by atoms with Gasteiger partial charge in [0.2, 0.25) is 0 Å². The van der Waals surface area contributed by atoms with E-state index in [0.717, 1.165) is 4.57 Å². The topological polar surface area (TPSA) is 117 Å². The molecule has 0 spiro atoms. The van der Waals surface area contributed by atoms with Crippen LogP contribution in [0.5, 0.6) is 0 Å². The maximum atomic E-state index is 12.0. The van der Waals surface area contributed by atoms with Crippen LogP contribution < -0.4 is 11.2 Å². The highest BCUT2D eigenvalue weighted by Crippen LogP contribution is 2.30. The first-order valence-electron chi connectivity index (χ1n) is 7.10. The number of nitrogens with zero attached hydrogens (tertiary/aromatic N) is 1. The van der Waals surface area contributed by atoms with Crippen molar-refractivity contribution in [1.29, 1.82) is 0 Å². The summed E-state index contributed by atoms with van der Waals surface area (Å²) >= 11 is 0. The van der Waals surface area contributed by atoms with Crippen LogP contribution in [0.25, 0.3) is 0 Å². The van der Waals surface area contributed by atoms with Crippen molar-refractivity contribution in [2.24, 2.45) is 0 Å². The second-order valence-corrected chi connectivity index (χ2v) is 5.17. The number of carbonyl (C=O) groups is 2. The van der Waals surface area contributed by atoms with E-state index < -0.39 is 41.6 Å². The Morgan fingerprint density at radius 3 is 2.71 bits per heavy atom. The monoisotopic (exact) mass is 336 g/mol. The van der Waals surface area contributed by atoms with E-state index >= 15 is 0 Å². The molecule has 128 valence electrons. The lowest BCUT2D eigenvalue weighted by Gasteiger charge is -2.17. The van der Waals surface area contributed by atoms with E-state index in [2.05, 4.69) is 10.9 Å². The van der Waals surface area contributed by atoms with Gasteiger partial charge in [-0.1, -0.05) is 5.92 Å². The third kappa shape index (κ3) is 3.91. The molecule has 1 saturated heterocycles. The Kier molecular flexibility index (Phi) is 5.21. The van der Waals surface area contributed by atoms with Crippen LogP contribution in [0.4, 0.5) is 0 Å². The molecule has 1 fully saturated rings. The number of rotatable bonds is 4. The number of esters is 2. The van der Waals surface area contributed by atoms with Gasteiger partial charge < -0.3 is 14.2 Å². The van der Waals surface area contributed by atoms with Gasteiger partial charge in [0.05, 0.1) is 0 Å². The minimum Gasteiger partial charge on any atom is -0.463 e. The van der Waals surface area contributed by atoms with Gasteiger partial charge in [-0.05, 0) is 0 Å².